The Kier molecular flexibility index (Phi) is 3.92. The molecule has 1 heterocycles. The molecule has 1 aliphatic rings. The summed E-state index contributed by atoms with van der Waals surface area (Å²) in [7, 11) is 1.62. The van der Waals surface area contributed by atoms with Gasteiger partial charge in [-0.15, -0.1) is 0 Å². The van der Waals surface area contributed by atoms with Crippen molar-refractivity contribution in [3.63, 3.8) is 0 Å². The van der Waals surface area contributed by atoms with Crippen LogP contribution in [0.5, 0.6) is 5.75 Å². The summed E-state index contributed by atoms with van der Waals surface area (Å²) in [6.07, 6.45) is 5.72. The molecule has 5 heteroatoms. The van der Waals surface area contributed by atoms with Crippen LogP contribution >= 0.6 is 0 Å². The second-order valence-corrected chi connectivity index (χ2v) is 5.15. The summed E-state index contributed by atoms with van der Waals surface area (Å²) in [5.74, 6) is 0.682. The molecule has 0 aromatic carbocycles. The average molecular weight is 253 g/mol. The maximum absolute atomic E-state index is 10.9. The van der Waals surface area contributed by atoms with E-state index < -0.39 is 5.60 Å². The Morgan fingerprint density at radius 2 is 2.22 bits per heavy atom. The Hall–Kier alpha value is -1.07. The van der Waals surface area contributed by atoms with Gasteiger partial charge in [0.2, 0.25) is 0 Å². The SMILES string of the molecule is CCCn1ncc(OC)c1C1(O)CCC(N)CC1. The zero-order valence-corrected chi connectivity index (χ0v) is 11.2. The molecule has 0 bridgehead atoms. The first-order chi connectivity index (χ1) is 8.60. The lowest BCUT2D eigenvalue weighted by Gasteiger charge is -2.35. The monoisotopic (exact) mass is 253 g/mol. The molecule has 0 atom stereocenters. The van der Waals surface area contributed by atoms with Crippen molar-refractivity contribution in [2.45, 2.75) is 57.2 Å². The molecule has 0 unspecified atom stereocenters. The summed E-state index contributed by atoms with van der Waals surface area (Å²) in [6, 6.07) is 0.207. The van der Waals surface area contributed by atoms with Crippen LogP contribution in [0, 0.1) is 0 Å². The third kappa shape index (κ3) is 2.37. The van der Waals surface area contributed by atoms with Crippen LogP contribution in [0.4, 0.5) is 0 Å². The maximum atomic E-state index is 10.9. The van der Waals surface area contributed by atoms with E-state index in [2.05, 4.69) is 12.0 Å². The summed E-state index contributed by atoms with van der Waals surface area (Å²) in [5, 5.41) is 15.2. The van der Waals surface area contributed by atoms with E-state index in [0.717, 1.165) is 31.5 Å². The highest BCUT2D eigenvalue weighted by molar-refractivity contribution is 5.31. The number of rotatable bonds is 4. The van der Waals surface area contributed by atoms with Gasteiger partial charge in [-0.3, -0.25) is 4.68 Å². The average Bonchev–Trinajstić information content (AvgIpc) is 2.77. The van der Waals surface area contributed by atoms with Gasteiger partial charge in [0, 0.05) is 12.6 Å². The van der Waals surface area contributed by atoms with E-state index in [-0.39, 0.29) is 6.04 Å². The highest BCUT2D eigenvalue weighted by Gasteiger charge is 2.39. The molecular formula is C13H23N3O2. The fraction of sp³-hybridized carbons (Fsp3) is 0.769. The van der Waals surface area contributed by atoms with Crippen molar-refractivity contribution < 1.29 is 9.84 Å². The second kappa shape index (κ2) is 5.28. The highest BCUT2D eigenvalue weighted by Crippen LogP contribution is 2.40. The molecule has 3 N–H and O–H groups in total. The first kappa shape index (κ1) is 13.4. The molecule has 0 radical (unpaired) electrons. The van der Waals surface area contributed by atoms with Gasteiger partial charge < -0.3 is 15.6 Å². The molecule has 0 amide bonds. The molecule has 18 heavy (non-hydrogen) atoms. The molecule has 5 nitrogen and oxygen atoms in total. The second-order valence-electron chi connectivity index (χ2n) is 5.15. The summed E-state index contributed by atoms with van der Waals surface area (Å²) < 4.78 is 7.21. The number of aryl methyl sites for hydroxylation is 1. The number of hydrogen-bond donors (Lipinski definition) is 2. The van der Waals surface area contributed by atoms with Gasteiger partial charge in [-0.05, 0) is 32.1 Å². The number of hydrogen-bond acceptors (Lipinski definition) is 4. The molecule has 0 saturated heterocycles. The molecule has 0 spiro atoms. The normalized spacial score (nSPS) is 28.3. The topological polar surface area (TPSA) is 73.3 Å². The van der Waals surface area contributed by atoms with Crippen molar-refractivity contribution in [3.8, 4) is 5.75 Å². The van der Waals surface area contributed by atoms with Crippen LogP contribution in [-0.2, 0) is 12.1 Å². The number of ether oxygens (including phenoxy) is 1. The maximum Gasteiger partial charge on any atom is 0.162 e. The predicted molar refractivity (Wildman–Crippen MR) is 69.4 cm³/mol. The number of methoxy groups -OCH3 is 1. The zero-order chi connectivity index (χ0) is 13.2. The fourth-order valence-electron chi connectivity index (χ4n) is 2.72. The molecule has 1 aromatic heterocycles. The summed E-state index contributed by atoms with van der Waals surface area (Å²) in [6.45, 7) is 2.89. The van der Waals surface area contributed by atoms with Gasteiger partial charge in [0.25, 0.3) is 0 Å². The molecular weight excluding hydrogens is 230 g/mol. The number of aromatic nitrogens is 2. The predicted octanol–water partition coefficient (Wildman–Crippen LogP) is 1.39. The third-order valence-electron chi connectivity index (χ3n) is 3.76. The number of aliphatic hydroxyl groups is 1. The summed E-state index contributed by atoms with van der Waals surface area (Å²) >= 11 is 0. The summed E-state index contributed by atoms with van der Waals surface area (Å²) in [5.41, 5.74) is 5.89. The van der Waals surface area contributed by atoms with Gasteiger partial charge in [0.1, 0.15) is 11.3 Å². The van der Waals surface area contributed by atoms with E-state index in [0.29, 0.717) is 18.6 Å². The fourth-order valence-corrected chi connectivity index (χ4v) is 2.72. The zero-order valence-electron chi connectivity index (χ0n) is 11.2. The van der Waals surface area contributed by atoms with E-state index in [1.807, 2.05) is 4.68 Å². The molecule has 1 aliphatic carbocycles. The Labute approximate surface area is 108 Å². The van der Waals surface area contributed by atoms with Crippen molar-refractivity contribution >= 4 is 0 Å². The van der Waals surface area contributed by atoms with Gasteiger partial charge in [0.05, 0.1) is 13.3 Å². The van der Waals surface area contributed by atoms with Crippen molar-refractivity contribution in [2.24, 2.45) is 5.73 Å². The van der Waals surface area contributed by atoms with Gasteiger partial charge in [-0.1, -0.05) is 6.92 Å². The quantitative estimate of drug-likeness (QED) is 0.850. The van der Waals surface area contributed by atoms with E-state index in [4.69, 9.17) is 10.5 Å². The Bertz CT molecular complexity index is 395. The molecule has 1 saturated carbocycles. The highest BCUT2D eigenvalue weighted by atomic mass is 16.5. The van der Waals surface area contributed by atoms with Crippen LogP contribution in [0.15, 0.2) is 6.20 Å². The van der Waals surface area contributed by atoms with Crippen molar-refractivity contribution in [2.75, 3.05) is 7.11 Å². The van der Waals surface area contributed by atoms with Gasteiger partial charge >= 0.3 is 0 Å². The van der Waals surface area contributed by atoms with Crippen LogP contribution in [0.2, 0.25) is 0 Å². The largest absolute Gasteiger partial charge is 0.493 e. The van der Waals surface area contributed by atoms with Crippen molar-refractivity contribution in [3.05, 3.63) is 11.9 Å². The number of nitrogens with two attached hydrogens (primary N) is 1. The van der Waals surface area contributed by atoms with Crippen LogP contribution in [-0.4, -0.2) is 28.0 Å². The van der Waals surface area contributed by atoms with Crippen LogP contribution in [0.25, 0.3) is 0 Å². The summed E-state index contributed by atoms with van der Waals surface area (Å²) in [4.78, 5) is 0. The van der Waals surface area contributed by atoms with Crippen molar-refractivity contribution in [1.29, 1.82) is 0 Å². The lowest BCUT2D eigenvalue weighted by Crippen LogP contribution is -2.38. The van der Waals surface area contributed by atoms with Crippen LogP contribution in [0.3, 0.4) is 0 Å². The lowest BCUT2D eigenvalue weighted by molar-refractivity contribution is -0.0148. The molecule has 1 fully saturated rings. The van der Waals surface area contributed by atoms with Gasteiger partial charge in [-0.25, -0.2) is 0 Å². The molecule has 1 aromatic rings. The Balaban J connectivity index is 2.32. The minimum absolute atomic E-state index is 0.207. The Morgan fingerprint density at radius 3 is 2.78 bits per heavy atom. The van der Waals surface area contributed by atoms with E-state index >= 15 is 0 Å². The van der Waals surface area contributed by atoms with Crippen LogP contribution in [0.1, 0.15) is 44.7 Å². The van der Waals surface area contributed by atoms with Crippen molar-refractivity contribution in [1.82, 2.24) is 9.78 Å². The first-order valence-electron chi connectivity index (χ1n) is 6.69. The number of nitrogens with zero attached hydrogens (tertiary/aromatic N) is 2. The minimum atomic E-state index is -0.840. The molecule has 2 rings (SSSR count). The Morgan fingerprint density at radius 1 is 1.56 bits per heavy atom. The van der Waals surface area contributed by atoms with E-state index in [1.165, 1.54) is 0 Å². The van der Waals surface area contributed by atoms with Gasteiger partial charge in [0.15, 0.2) is 5.75 Å². The lowest BCUT2D eigenvalue weighted by atomic mass is 9.80. The van der Waals surface area contributed by atoms with E-state index in [9.17, 15) is 5.11 Å². The minimum Gasteiger partial charge on any atom is -0.493 e. The van der Waals surface area contributed by atoms with E-state index in [1.54, 1.807) is 13.3 Å². The van der Waals surface area contributed by atoms with Gasteiger partial charge in [-0.2, -0.15) is 5.10 Å². The smallest absolute Gasteiger partial charge is 0.162 e. The molecule has 102 valence electrons. The first-order valence-corrected chi connectivity index (χ1v) is 6.69. The third-order valence-corrected chi connectivity index (χ3v) is 3.76. The standard InChI is InChI=1S/C13H23N3O2/c1-3-8-16-12(11(18-2)9-15-16)13(17)6-4-10(14)5-7-13/h9-10,17H,3-8,14H2,1-2H3. The van der Waals surface area contributed by atoms with Crippen LogP contribution < -0.4 is 10.5 Å². The molecule has 0 aliphatic heterocycles.